The number of oxazole rings is 1. The van der Waals surface area contributed by atoms with Gasteiger partial charge in [-0.15, -0.1) is 0 Å². The van der Waals surface area contributed by atoms with Gasteiger partial charge in [-0.1, -0.05) is 30.3 Å². The number of aromatic nitrogens is 1. The summed E-state index contributed by atoms with van der Waals surface area (Å²) in [6.45, 7) is 1.89. The summed E-state index contributed by atoms with van der Waals surface area (Å²) in [6, 6.07) is 13.3. The van der Waals surface area contributed by atoms with Crippen LogP contribution in [0.4, 0.5) is 4.39 Å². The number of nitrogens with two attached hydrogens (primary N) is 1. The molecule has 1 amide bonds. The molecule has 0 radical (unpaired) electrons. The Morgan fingerprint density at radius 3 is 2.74 bits per heavy atom. The van der Waals surface area contributed by atoms with Crippen LogP contribution in [0.1, 0.15) is 18.4 Å². The van der Waals surface area contributed by atoms with Crippen LogP contribution in [-0.2, 0) is 16.9 Å². The topological polar surface area (TPSA) is 81.2 Å². The van der Waals surface area contributed by atoms with E-state index in [0.717, 1.165) is 5.56 Å². The van der Waals surface area contributed by atoms with Crippen LogP contribution in [0.25, 0.3) is 11.1 Å². The zero-order valence-corrected chi connectivity index (χ0v) is 12.5. The highest BCUT2D eigenvalue weighted by Crippen LogP contribution is 2.22. The molecular formula is C17H16FN3O2. The molecule has 2 aromatic carbocycles. The third kappa shape index (κ3) is 2.93. The van der Waals surface area contributed by atoms with Crippen LogP contribution in [0, 0.1) is 5.82 Å². The van der Waals surface area contributed by atoms with Gasteiger partial charge in [0.1, 0.15) is 16.9 Å². The number of benzene rings is 2. The summed E-state index contributed by atoms with van der Waals surface area (Å²) >= 11 is 0. The van der Waals surface area contributed by atoms with E-state index in [-0.39, 0.29) is 12.4 Å². The number of fused-ring (bicyclic) bond motifs is 1. The summed E-state index contributed by atoms with van der Waals surface area (Å²) in [7, 11) is 0. The first-order valence-electron chi connectivity index (χ1n) is 7.14. The minimum atomic E-state index is -1.06. The molecule has 3 aromatic rings. The Bertz CT molecular complexity index is 847. The second-order valence-corrected chi connectivity index (χ2v) is 5.43. The van der Waals surface area contributed by atoms with Gasteiger partial charge in [0.15, 0.2) is 5.58 Å². The average molecular weight is 313 g/mol. The van der Waals surface area contributed by atoms with E-state index in [4.69, 9.17) is 10.2 Å². The van der Waals surface area contributed by atoms with Crippen molar-refractivity contribution in [3.63, 3.8) is 0 Å². The first-order chi connectivity index (χ1) is 11.0. The molecule has 0 spiro atoms. The van der Waals surface area contributed by atoms with Crippen molar-refractivity contribution in [3.05, 3.63) is 65.8 Å². The van der Waals surface area contributed by atoms with Crippen molar-refractivity contribution in [1.82, 2.24) is 10.3 Å². The molecule has 5 nitrogen and oxygen atoms in total. The molecule has 23 heavy (non-hydrogen) atoms. The molecular weight excluding hydrogens is 297 g/mol. The van der Waals surface area contributed by atoms with Crippen molar-refractivity contribution < 1.29 is 13.6 Å². The Labute approximate surface area is 132 Å². The zero-order valence-electron chi connectivity index (χ0n) is 12.5. The first-order valence-corrected chi connectivity index (χ1v) is 7.14. The molecule has 0 fully saturated rings. The van der Waals surface area contributed by atoms with Crippen LogP contribution in [0.15, 0.2) is 52.9 Å². The van der Waals surface area contributed by atoms with Gasteiger partial charge in [0.25, 0.3) is 0 Å². The zero-order chi connectivity index (χ0) is 16.4. The molecule has 6 heteroatoms. The molecule has 0 saturated heterocycles. The van der Waals surface area contributed by atoms with Gasteiger partial charge in [0.2, 0.25) is 11.8 Å². The Hall–Kier alpha value is -2.73. The molecule has 1 atom stereocenters. The predicted octanol–water partition coefficient (Wildman–Crippen LogP) is 2.46. The fourth-order valence-corrected chi connectivity index (χ4v) is 2.38. The number of halogens is 1. The number of hydrogen-bond acceptors (Lipinski definition) is 4. The predicted molar refractivity (Wildman–Crippen MR) is 83.8 cm³/mol. The molecule has 0 saturated carbocycles. The van der Waals surface area contributed by atoms with Crippen molar-refractivity contribution in [3.8, 4) is 0 Å². The molecule has 0 aliphatic rings. The number of rotatable bonds is 5. The molecule has 0 aliphatic heterocycles. The monoisotopic (exact) mass is 313 g/mol. The number of carbonyl (C=O) groups is 1. The van der Waals surface area contributed by atoms with E-state index >= 15 is 0 Å². The smallest absolute Gasteiger partial charge is 0.242 e. The van der Waals surface area contributed by atoms with Gasteiger partial charge in [0.05, 0.1) is 6.54 Å². The van der Waals surface area contributed by atoms with E-state index in [0.29, 0.717) is 17.0 Å². The van der Waals surface area contributed by atoms with Crippen molar-refractivity contribution in [1.29, 1.82) is 0 Å². The molecule has 1 unspecified atom stereocenters. The maximum Gasteiger partial charge on any atom is 0.242 e. The summed E-state index contributed by atoms with van der Waals surface area (Å²) in [5.74, 6) is -0.542. The molecule has 118 valence electrons. The van der Waals surface area contributed by atoms with Crippen molar-refractivity contribution in [2.75, 3.05) is 0 Å². The Kier molecular flexibility index (Phi) is 3.83. The van der Waals surface area contributed by atoms with E-state index < -0.39 is 11.4 Å². The summed E-state index contributed by atoms with van der Waals surface area (Å²) in [4.78, 5) is 16.2. The first kappa shape index (κ1) is 15.2. The fourth-order valence-electron chi connectivity index (χ4n) is 2.38. The van der Waals surface area contributed by atoms with Gasteiger partial charge in [-0.05, 0) is 24.6 Å². The van der Waals surface area contributed by atoms with Gasteiger partial charge in [-0.3, -0.25) is 10.1 Å². The number of nitrogens with one attached hydrogen (secondary N) is 1. The lowest BCUT2D eigenvalue weighted by atomic mass is 9.91. The number of carbonyl (C=O) groups excluding carboxylic acids is 1. The normalized spacial score (nSPS) is 13.8. The minimum Gasteiger partial charge on any atom is -0.439 e. The van der Waals surface area contributed by atoms with Gasteiger partial charge in [0, 0.05) is 6.07 Å². The van der Waals surface area contributed by atoms with Crippen LogP contribution in [0.5, 0.6) is 0 Å². The van der Waals surface area contributed by atoms with Gasteiger partial charge < -0.3 is 10.2 Å². The number of nitrogens with zero attached hydrogens (tertiary/aromatic N) is 1. The van der Waals surface area contributed by atoms with Crippen LogP contribution in [0.2, 0.25) is 0 Å². The lowest BCUT2D eigenvalue weighted by molar-refractivity contribution is -0.124. The summed E-state index contributed by atoms with van der Waals surface area (Å²) in [5.41, 5.74) is 6.16. The summed E-state index contributed by atoms with van der Waals surface area (Å²) < 4.78 is 18.7. The lowest BCUT2D eigenvalue weighted by Gasteiger charge is -2.27. The van der Waals surface area contributed by atoms with Crippen molar-refractivity contribution >= 4 is 17.0 Å². The van der Waals surface area contributed by atoms with E-state index in [1.54, 1.807) is 13.0 Å². The van der Waals surface area contributed by atoms with Gasteiger partial charge in [-0.2, -0.15) is 0 Å². The highest BCUT2D eigenvalue weighted by Gasteiger charge is 2.32. The van der Waals surface area contributed by atoms with Crippen molar-refractivity contribution in [2.24, 2.45) is 5.73 Å². The Balaban J connectivity index is 1.85. The molecule has 1 aromatic heterocycles. The van der Waals surface area contributed by atoms with E-state index in [9.17, 15) is 9.18 Å². The minimum absolute atomic E-state index is 0.185. The highest BCUT2D eigenvalue weighted by atomic mass is 19.1. The molecule has 3 N–H and O–H groups in total. The summed E-state index contributed by atoms with van der Waals surface area (Å²) in [5, 5.41) is 3.08. The van der Waals surface area contributed by atoms with Crippen LogP contribution >= 0.6 is 0 Å². The maximum atomic E-state index is 13.2. The quantitative estimate of drug-likeness (QED) is 0.758. The average Bonchev–Trinajstić information content (AvgIpc) is 2.95. The van der Waals surface area contributed by atoms with E-state index in [1.165, 1.54) is 12.1 Å². The number of amides is 1. The van der Waals surface area contributed by atoms with Crippen LogP contribution in [0.3, 0.4) is 0 Å². The van der Waals surface area contributed by atoms with Crippen LogP contribution in [-0.4, -0.2) is 10.9 Å². The standard InChI is InChI=1S/C17H16FN3O2/c1-17(16(19)22,11-5-3-2-4-6-11)20-10-15-21-13-8-7-12(18)9-14(13)23-15/h2-9,20H,10H2,1H3,(H2,19,22). The highest BCUT2D eigenvalue weighted by molar-refractivity contribution is 5.85. The molecule has 3 rings (SSSR count). The third-order valence-electron chi connectivity index (χ3n) is 3.83. The van der Waals surface area contributed by atoms with Crippen molar-refractivity contribution in [2.45, 2.75) is 19.0 Å². The Morgan fingerprint density at radius 2 is 2.04 bits per heavy atom. The maximum absolute atomic E-state index is 13.2. The van der Waals surface area contributed by atoms with Gasteiger partial charge in [-0.25, -0.2) is 9.37 Å². The number of primary amides is 1. The lowest BCUT2D eigenvalue weighted by Crippen LogP contribution is -2.50. The second-order valence-electron chi connectivity index (χ2n) is 5.43. The second kappa shape index (κ2) is 5.81. The third-order valence-corrected chi connectivity index (χ3v) is 3.83. The molecule has 0 aliphatic carbocycles. The van der Waals surface area contributed by atoms with E-state index in [2.05, 4.69) is 10.3 Å². The molecule has 1 heterocycles. The Morgan fingerprint density at radius 1 is 1.30 bits per heavy atom. The number of hydrogen-bond donors (Lipinski definition) is 2. The largest absolute Gasteiger partial charge is 0.439 e. The summed E-state index contributed by atoms with van der Waals surface area (Å²) in [6.07, 6.45) is 0. The SMILES string of the molecule is CC(NCc1nc2ccc(F)cc2o1)(C(N)=O)c1ccccc1. The van der Waals surface area contributed by atoms with Crippen LogP contribution < -0.4 is 11.1 Å². The molecule has 0 bridgehead atoms. The fraction of sp³-hybridized carbons (Fsp3) is 0.176. The van der Waals surface area contributed by atoms with Gasteiger partial charge >= 0.3 is 0 Å². The van der Waals surface area contributed by atoms with E-state index in [1.807, 2.05) is 30.3 Å².